The van der Waals surface area contributed by atoms with Gasteiger partial charge >= 0.3 is 0 Å². The molecule has 2 aromatic heterocycles. The molecule has 2 heterocycles. The highest BCUT2D eigenvalue weighted by Crippen LogP contribution is 2.28. The fourth-order valence-corrected chi connectivity index (χ4v) is 2.96. The Balaban J connectivity index is 1.93. The van der Waals surface area contributed by atoms with Crippen molar-refractivity contribution in [2.45, 2.75) is 6.10 Å². The lowest BCUT2D eigenvalue weighted by Crippen LogP contribution is -1.99. The first-order valence-electron chi connectivity index (χ1n) is 6.03. The van der Waals surface area contributed by atoms with E-state index < -0.39 is 6.10 Å². The average Bonchev–Trinajstić information content (AvgIpc) is 2.97. The standard InChI is InChI=1S/C14H9Br2N3O2/c15-9-6-10(16)11(17-7-9)13-18-14(21-19-13)12(20)8-4-2-1-3-5-8/h1-7,12,20H. The molecule has 106 valence electrons. The van der Waals surface area contributed by atoms with Crippen molar-refractivity contribution in [3.63, 3.8) is 0 Å². The van der Waals surface area contributed by atoms with Gasteiger partial charge in [-0.15, -0.1) is 0 Å². The highest BCUT2D eigenvalue weighted by Gasteiger charge is 2.20. The van der Waals surface area contributed by atoms with Gasteiger partial charge in [-0.3, -0.25) is 4.98 Å². The van der Waals surface area contributed by atoms with Crippen LogP contribution in [-0.4, -0.2) is 20.2 Å². The van der Waals surface area contributed by atoms with Gasteiger partial charge in [-0.25, -0.2) is 0 Å². The second-order valence-corrected chi connectivity index (χ2v) is 6.02. The summed E-state index contributed by atoms with van der Waals surface area (Å²) in [6.45, 7) is 0. The topological polar surface area (TPSA) is 72.0 Å². The number of hydrogen-bond donors (Lipinski definition) is 1. The van der Waals surface area contributed by atoms with Crippen LogP contribution in [0.25, 0.3) is 11.5 Å². The molecule has 0 fully saturated rings. The third-order valence-electron chi connectivity index (χ3n) is 2.81. The fourth-order valence-electron chi connectivity index (χ4n) is 1.80. The minimum absolute atomic E-state index is 0.132. The van der Waals surface area contributed by atoms with Gasteiger partial charge in [0, 0.05) is 15.1 Å². The molecule has 0 aliphatic carbocycles. The Morgan fingerprint density at radius 2 is 1.90 bits per heavy atom. The summed E-state index contributed by atoms with van der Waals surface area (Å²) >= 11 is 6.73. The fraction of sp³-hybridized carbons (Fsp3) is 0.0714. The molecular weight excluding hydrogens is 402 g/mol. The molecule has 1 N–H and O–H groups in total. The van der Waals surface area contributed by atoms with Gasteiger partial charge in [-0.2, -0.15) is 4.98 Å². The van der Waals surface area contributed by atoms with Crippen molar-refractivity contribution in [1.82, 2.24) is 15.1 Å². The number of benzene rings is 1. The largest absolute Gasteiger partial charge is 0.378 e. The molecular formula is C14H9Br2N3O2. The normalized spacial score (nSPS) is 12.3. The Bertz CT molecular complexity index is 762. The van der Waals surface area contributed by atoms with Crippen molar-refractivity contribution in [3.05, 3.63) is 63.0 Å². The summed E-state index contributed by atoms with van der Waals surface area (Å²) < 4.78 is 6.71. The molecule has 1 aromatic carbocycles. The Kier molecular flexibility index (Phi) is 4.14. The number of pyridine rings is 1. The molecule has 5 nitrogen and oxygen atoms in total. The third kappa shape index (κ3) is 3.04. The summed E-state index contributed by atoms with van der Waals surface area (Å²) in [6, 6.07) is 11.0. The van der Waals surface area contributed by atoms with Crippen LogP contribution in [-0.2, 0) is 0 Å². The first-order valence-corrected chi connectivity index (χ1v) is 7.62. The zero-order valence-electron chi connectivity index (χ0n) is 10.6. The molecule has 0 saturated heterocycles. The number of aromatic nitrogens is 3. The quantitative estimate of drug-likeness (QED) is 0.712. The van der Waals surface area contributed by atoms with Crippen LogP contribution in [0, 0.1) is 0 Å². The van der Waals surface area contributed by atoms with Crippen LogP contribution in [0.4, 0.5) is 0 Å². The maximum absolute atomic E-state index is 10.2. The van der Waals surface area contributed by atoms with E-state index in [0.717, 1.165) is 8.95 Å². The van der Waals surface area contributed by atoms with Gasteiger partial charge in [-0.05, 0) is 43.5 Å². The van der Waals surface area contributed by atoms with Gasteiger partial charge < -0.3 is 9.63 Å². The molecule has 0 spiro atoms. The van der Waals surface area contributed by atoms with Gasteiger partial charge in [0.25, 0.3) is 5.89 Å². The van der Waals surface area contributed by atoms with Crippen molar-refractivity contribution in [3.8, 4) is 11.5 Å². The summed E-state index contributed by atoms with van der Waals surface area (Å²) in [4.78, 5) is 8.44. The van der Waals surface area contributed by atoms with Crippen LogP contribution in [0.3, 0.4) is 0 Å². The SMILES string of the molecule is OC(c1ccccc1)c1nc(-c2ncc(Br)cc2Br)no1. The summed E-state index contributed by atoms with van der Waals surface area (Å²) in [5.41, 5.74) is 1.24. The number of halogens is 2. The number of aliphatic hydroxyl groups is 1. The van der Waals surface area contributed by atoms with Crippen LogP contribution in [0.15, 0.2) is 56.1 Å². The molecule has 3 rings (SSSR count). The molecule has 1 unspecified atom stereocenters. The lowest BCUT2D eigenvalue weighted by molar-refractivity contribution is 0.170. The highest BCUT2D eigenvalue weighted by atomic mass is 79.9. The van der Waals surface area contributed by atoms with Crippen LogP contribution < -0.4 is 0 Å². The number of hydrogen-bond acceptors (Lipinski definition) is 5. The van der Waals surface area contributed by atoms with E-state index >= 15 is 0 Å². The van der Waals surface area contributed by atoms with Crippen LogP contribution in [0.5, 0.6) is 0 Å². The summed E-state index contributed by atoms with van der Waals surface area (Å²) in [5.74, 6) is 0.451. The monoisotopic (exact) mass is 409 g/mol. The van der Waals surface area contributed by atoms with E-state index in [1.807, 2.05) is 24.3 Å². The molecule has 0 aliphatic rings. The molecule has 21 heavy (non-hydrogen) atoms. The summed E-state index contributed by atoms with van der Waals surface area (Å²) in [6.07, 6.45) is 0.686. The second kappa shape index (κ2) is 6.05. The van der Waals surface area contributed by atoms with E-state index in [2.05, 4.69) is 47.0 Å². The van der Waals surface area contributed by atoms with Gasteiger partial charge in [0.1, 0.15) is 5.69 Å². The van der Waals surface area contributed by atoms with Gasteiger partial charge in [0.2, 0.25) is 5.82 Å². The zero-order chi connectivity index (χ0) is 14.8. The number of aliphatic hydroxyl groups excluding tert-OH is 1. The van der Waals surface area contributed by atoms with Crippen molar-refractivity contribution >= 4 is 31.9 Å². The Labute approximate surface area is 137 Å². The lowest BCUT2D eigenvalue weighted by atomic mass is 10.1. The predicted octanol–water partition coefficient (Wildman–Crippen LogP) is 3.74. The summed E-state index contributed by atoms with van der Waals surface area (Å²) in [5, 5.41) is 14.1. The van der Waals surface area contributed by atoms with E-state index in [1.54, 1.807) is 18.3 Å². The van der Waals surface area contributed by atoms with Crippen molar-refractivity contribution in [2.75, 3.05) is 0 Å². The first-order chi connectivity index (χ1) is 10.1. The smallest absolute Gasteiger partial charge is 0.260 e. The highest BCUT2D eigenvalue weighted by molar-refractivity contribution is 9.11. The Morgan fingerprint density at radius 1 is 1.14 bits per heavy atom. The number of rotatable bonds is 3. The van der Waals surface area contributed by atoms with E-state index in [9.17, 15) is 5.11 Å². The van der Waals surface area contributed by atoms with E-state index in [0.29, 0.717) is 17.1 Å². The minimum atomic E-state index is -0.957. The molecule has 3 aromatic rings. The average molecular weight is 411 g/mol. The van der Waals surface area contributed by atoms with Crippen LogP contribution in [0.1, 0.15) is 17.6 Å². The lowest BCUT2D eigenvalue weighted by Gasteiger charge is -2.04. The Morgan fingerprint density at radius 3 is 2.62 bits per heavy atom. The van der Waals surface area contributed by atoms with E-state index in [-0.39, 0.29) is 5.89 Å². The first kappa shape index (κ1) is 14.4. The maximum Gasteiger partial charge on any atom is 0.260 e. The van der Waals surface area contributed by atoms with Gasteiger partial charge in [0.15, 0.2) is 6.10 Å². The van der Waals surface area contributed by atoms with Gasteiger partial charge in [-0.1, -0.05) is 35.5 Å². The molecule has 0 saturated carbocycles. The maximum atomic E-state index is 10.2. The Hall–Kier alpha value is -1.57. The molecule has 0 radical (unpaired) electrons. The van der Waals surface area contributed by atoms with E-state index in [4.69, 9.17) is 4.52 Å². The second-order valence-electron chi connectivity index (χ2n) is 4.25. The zero-order valence-corrected chi connectivity index (χ0v) is 13.7. The van der Waals surface area contributed by atoms with Crippen molar-refractivity contribution in [1.29, 1.82) is 0 Å². The summed E-state index contributed by atoms with van der Waals surface area (Å²) in [7, 11) is 0. The molecule has 0 amide bonds. The minimum Gasteiger partial charge on any atom is -0.378 e. The van der Waals surface area contributed by atoms with Crippen molar-refractivity contribution < 1.29 is 9.63 Å². The van der Waals surface area contributed by atoms with Crippen LogP contribution >= 0.6 is 31.9 Å². The van der Waals surface area contributed by atoms with Crippen LogP contribution in [0.2, 0.25) is 0 Å². The predicted molar refractivity (Wildman–Crippen MR) is 83.4 cm³/mol. The van der Waals surface area contributed by atoms with Crippen molar-refractivity contribution in [2.24, 2.45) is 0 Å². The molecule has 7 heteroatoms. The third-order valence-corrected chi connectivity index (χ3v) is 3.85. The van der Waals surface area contributed by atoms with Gasteiger partial charge in [0.05, 0.1) is 0 Å². The molecule has 0 bridgehead atoms. The molecule has 0 aliphatic heterocycles. The van der Waals surface area contributed by atoms with E-state index in [1.165, 1.54) is 0 Å². The number of nitrogens with zero attached hydrogens (tertiary/aromatic N) is 3. The molecule has 1 atom stereocenters.